The Morgan fingerprint density at radius 1 is 1.00 bits per heavy atom. The third-order valence-corrected chi connectivity index (χ3v) is 4.09. The maximum atomic E-state index is 11.9. The van der Waals surface area contributed by atoms with Crippen LogP contribution in [0.3, 0.4) is 0 Å². The van der Waals surface area contributed by atoms with Crippen LogP contribution in [0.4, 0.5) is 5.69 Å². The van der Waals surface area contributed by atoms with Gasteiger partial charge in [-0.15, -0.1) is 0 Å². The van der Waals surface area contributed by atoms with Crippen molar-refractivity contribution >= 4 is 50.9 Å². The number of para-hydroxylation sites is 1. The minimum absolute atomic E-state index is 0.0590. The molecule has 0 radical (unpaired) electrons. The standard InChI is InChI=1S/C18H15BrClNO4/c19-13-7-5-12(6-8-13)16(22)11-25-18(24)10-9-17(23)21-15-4-2-1-3-14(15)20/h1-8H,9-11H2,(H,21,23). The zero-order valence-electron chi connectivity index (χ0n) is 13.1. The van der Waals surface area contributed by atoms with Crippen LogP contribution in [0.1, 0.15) is 23.2 Å². The Morgan fingerprint density at radius 3 is 2.36 bits per heavy atom. The van der Waals surface area contributed by atoms with Crippen molar-refractivity contribution < 1.29 is 19.1 Å². The number of benzene rings is 2. The molecule has 2 rings (SSSR count). The number of esters is 1. The number of carbonyl (C=O) groups excluding carboxylic acids is 3. The summed E-state index contributed by atoms with van der Waals surface area (Å²) in [4.78, 5) is 35.4. The van der Waals surface area contributed by atoms with Crippen molar-refractivity contribution in [3.8, 4) is 0 Å². The molecule has 7 heteroatoms. The summed E-state index contributed by atoms with van der Waals surface area (Å²) in [6.45, 7) is -0.355. The van der Waals surface area contributed by atoms with Gasteiger partial charge >= 0.3 is 5.97 Å². The van der Waals surface area contributed by atoms with Gasteiger partial charge in [0.15, 0.2) is 12.4 Å². The number of amides is 1. The number of hydrogen-bond donors (Lipinski definition) is 1. The molecule has 0 unspecified atom stereocenters. The van der Waals surface area contributed by atoms with Crippen LogP contribution in [-0.2, 0) is 14.3 Å². The van der Waals surface area contributed by atoms with Gasteiger partial charge in [0, 0.05) is 16.5 Å². The van der Waals surface area contributed by atoms with Gasteiger partial charge in [0.25, 0.3) is 0 Å². The molecule has 0 heterocycles. The van der Waals surface area contributed by atoms with E-state index in [1.54, 1.807) is 48.5 Å². The van der Waals surface area contributed by atoms with E-state index in [0.717, 1.165) is 4.47 Å². The van der Waals surface area contributed by atoms with Gasteiger partial charge in [0.05, 0.1) is 17.1 Å². The van der Waals surface area contributed by atoms with Crippen molar-refractivity contribution in [1.29, 1.82) is 0 Å². The van der Waals surface area contributed by atoms with E-state index in [1.165, 1.54) is 0 Å². The molecule has 0 atom stereocenters. The van der Waals surface area contributed by atoms with Crippen LogP contribution in [0.25, 0.3) is 0 Å². The number of hydrogen-bond acceptors (Lipinski definition) is 4. The van der Waals surface area contributed by atoms with Crippen LogP contribution in [-0.4, -0.2) is 24.3 Å². The van der Waals surface area contributed by atoms with E-state index in [9.17, 15) is 14.4 Å². The van der Waals surface area contributed by atoms with Gasteiger partial charge in [0.2, 0.25) is 5.91 Å². The van der Waals surface area contributed by atoms with Gasteiger partial charge in [-0.2, -0.15) is 0 Å². The zero-order chi connectivity index (χ0) is 18.2. The molecule has 130 valence electrons. The zero-order valence-corrected chi connectivity index (χ0v) is 15.5. The molecular weight excluding hydrogens is 410 g/mol. The number of ketones is 1. The molecule has 5 nitrogen and oxygen atoms in total. The molecule has 0 aromatic heterocycles. The minimum Gasteiger partial charge on any atom is -0.457 e. The number of halogens is 2. The molecule has 0 fully saturated rings. The lowest BCUT2D eigenvalue weighted by Gasteiger charge is -2.07. The normalized spacial score (nSPS) is 10.2. The first kappa shape index (κ1) is 19.1. The first-order valence-electron chi connectivity index (χ1n) is 7.44. The third-order valence-electron chi connectivity index (χ3n) is 3.23. The Balaban J connectivity index is 1.73. The monoisotopic (exact) mass is 423 g/mol. The topological polar surface area (TPSA) is 72.5 Å². The Kier molecular flexibility index (Phi) is 7.16. The second-order valence-electron chi connectivity index (χ2n) is 5.12. The fourth-order valence-corrected chi connectivity index (χ4v) is 2.38. The highest BCUT2D eigenvalue weighted by Gasteiger charge is 2.12. The SMILES string of the molecule is O=C(CCC(=O)OCC(=O)c1ccc(Br)cc1)Nc1ccccc1Cl. The molecule has 0 aliphatic rings. The average molecular weight is 425 g/mol. The molecule has 0 saturated carbocycles. The molecule has 0 bridgehead atoms. The molecule has 0 saturated heterocycles. The van der Waals surface area contributed by atoms with Crippen molar-refractivity contribution in [1.82, 2.24) is 0 Å². The Bertz CT molecular complexity index is 777. The number of anilines is 1. The highest BCUT2D eigenvalue weighted by Crippen LogP contribution is 2.20. The summed E-state index contributed by atoms with van der Waals surface area (Å²) in [5, 5.41) is 3.03. The van der Waals surface area contributed by atoms with E-state index < -0.39 is 5.97 Å². The third kappa shape index (κ3) is 6.32. The van der Waals surface area contributed by atoms with Crippen molar-refractivity contribution in [3.63, 3.8) is 0 Å². The van der Waals surface area contributed by atoms with Gasteiger partial charge in [-0.1, -0.05) is 51.8 Å². The van der Waals surface area contributed by atoms with Crippen molar-refractivity contribution in [3.05, 3.63) is 63.6 Å². The van der Waals surface area contributed by atoms with E-state index in [1.807, 2.05) is 0 Å². The second kappa shape index (κ2) is 9.34. The summed E-state index contributed by atoms with van der Waals surface area (Å²) in [5.41, 5.74) is 0.931. The van der Waals surface area contributed by atoms with Gasteiger partial charge in [0.1, 0.15) is 0 Å². The summed E-state index contributed by atoms with van der Waals surface area (Å²) in [5.74, 6) is -1.27. The highest BCUT2D eigenvalue weighted by atomic mass is 79.9. The summed E-state index contributed by atoms with van der Waals surface area (Å²) in [7, 11) is 0. The number of ether oxygens (including phenoxy) is 1. The fourth-order valence-electron chi connectivity index (χ4n) is 1.93. The largest absolute Gasteiger partial charge is 0.457 e. The van der Waals surface area contributed by atoms with Crippen LogP contribution >= 0.6 is 27.5 Å². The molecular formula is C18H15BrClNO4. The first-order chi connectivity index (χ1) is 12.0. The van der Waals surface area contributed by atoms with Gasteiger partial charge < -0.3 is 10.1 Å². The molecule has 0 aliphatic heterocycles. The number of Topliss-reactive ketones (excluding diaryl/α,β-unsaturated/α-hetero) is 1. The van der Waals surface area contributed by atoms with Crippen molar-refractivity contribution in [2.75, 3.05) is 11.9 Å². The summed E-state index contributed by atoms with van der Waals surface area (Å²) < 4.78 is 5.76. The predicted octanol–water partition coefficient (Wildman–Crippen LogP) is 4.25. The minimum atomic E-state index is -0.611. The number of rotatable bonds is 7. The summed E-state index contributed by atoms with van der Waals surface area (Å²) >= 11 is 9.21. The Labute approximate surface area is 158 Å². The maximum Gasteiger partial charge on any atom is 0.306 e. The smallest absolute Gasteiger partial charge is 0.306 e. The predicted molar refractivity (Wildman–Crippen MR) is 98.7 cm³/mol. The quantitative estimate of drug-likeness (QED) is 0.533. The van der Waals surface area contributed by atoms with Crippen LogP contribution in [0.15, 0.2) is 53.0 Å². The van der Waals surface area contributed by atoms with Crippen LogP contribution in [0.5, 0.6) is 0 Å². The average Bonchev–Trinajstić information content (AvgIpc) is 2.60. The van der Waals surface area contributed by atoms with Gasteiger partial charge in [-0.25, -0.2) is 0 Å². The maximum absolute atomic E-state index is 11.9. The van der Waals surface area contributed by atoms with E-state index in [4.69, 9.17) is 16.3 Å². The van der Waals surface area contributed by atoms with Crippen molar-refractivity contribution in [2.24, 2.45) is 0 Å². The number of nitrogens with one attached hydrogen (secondary N) is 1. The lowest BCUT2D eigenvalue weighted by Crippen LogP contribution is -2.17. The lowest BCUT2D eigenvalue weighted by atomic mass is 10.1. The summed E-state index contributed by atoms with van der Waals surface area (Å²) in [6.07, 6.45) is -0.180. The van der Waals surface area contributed by atoms with Gasteiger partial charge in [-0.05, 0) is 24.3 Å². The highest BCUT2D eigenvalue weighted by molar-refractivity contribution is 9.10. The summed E-state index contributed by atoms with van der Waals surface area (Å²) in [6, 6.07) is 13.5. The van der Waals surface area contributed by atoms with E-state index in [-0.39, 0.29) is 31.1 Å². The molecule has 25 heavy (non-hydrogen) atoms. The van der Waals surface area contributed by atoms with E-state index in [2.05, 4.69) is 21.2 Å². The Hall–Kier alpha value is -2.18. The molecule has 1 N–H and O–H groups in total. The van der Waals surface area contributed by atoms with Crippen LogP contribution in [0, 0.1) is 0 Å². The second-order valence-corrected chi connectivity index (χ2v) is 6.44. The van der Waals surface area contributed by atoms with Crippen molar-refractivity contribution in [2.45, 2.75) is 12.8 Å². The number of carbonyl (C=O) groups is 3. The fraction of sp³-hybridized carbons (Fsp3) is 0.167. The molecule has 0 aliphatic carbocycles. The first-order valence-corrected chi connectivity index (χ1v) is 8.61. The molecule has 2 aromatic carbocycles. The molecule has 0 spiro atoms. The van der Waals surface area contributed by atoms with Gasteiger partial charge in [-0.3, -0.25) is 14.4 Å². The molecule has 2 aromatic rings. The Morgan fingerprint density at radius 2 is 1.68 bits per heavy atom. The lowest BCUT2D eigenvalue weighted by molar-refractivity contribution is -0.143. The van der Waals surface area contributed by atoms with Crippen LogP contribution in [0.2, 0.25) is 5.02 Å². The van der Waals surface area contributed by atoms with E-state index in [0.29, 0.717) is 16.3 Å². The van der Waals surface area contributed by atoms with E-state index >= 15 is 0 Å². The van der Waals surface area contributed by atoms with Crippen LogP contribution < -0.4 is 5.32 Å². The molecule has 1 amide bonds.